The van der Waals surface area contributed by atoms with Gasteiger partial charge in [0.15, 0.2) is 5.13 Å². The van der Waals surface area contributed by atoms with Gasteiger partial charge in [-0.2, -0.15) is 5.26 Å². The van der Waals surface area contributed by atoms with Crippen molar-refractivity contribution in [1.29, 1.82) is 5.26 Å². The van der Waals surface area contributed by atoms with E-state index in [1.807, 2.05) is 40.0 Å². The Morgan fingerprint density at radius 1 is 1.13 bits per heavy atom. The summed E-state index contributed by atoms with van der Waals surface area (Å²) in [5.41, 5.74) is 6.15. The highest BCUT2D eigenvalue weighted by Gasteiger charge is 2.22. The maximum absolute atomic E-state index is 12.5. The molecule has 8 heteroatoms. The highest BCUT2D eigenvalue weighted by atomic mass is 32.2. The predicted octanol–water partition coefficient (Wildman–Crippen LogP) is 5.32. The molecule has 0 fully saturated rings. The van der Waals surface area contributed by atoms with Gasteiger partial charge >= 0.3 is 0 Å². The lowest BCUT2D eigenvalue weighted by Crippen LogP contribution is -2.24. The molecule has 2 heterocycles. The zero-order valence-electron chi connectivity index (χ0n) is 17.9. The van der Waals surface area contributed by atoms with Crippen molar-refractivity contribution >= 4 is 39.8 Å². The molecule has 0 saturated carbocycles. The lowest BCUT2D eigenvalue weighted by atomic mass is 10.0. The Bertz CT molecular complexity index is 1140. The van der Waals surface area contributed by atoms with E-state index in [1.165, 1.54) is 23.1 Å². The second kappa shape index (κ2) is 8.94. The molecular weight excluding hydrogens is 414 g/mol. The number of thioether (sulfide) groups is 1. The van der Waals surface area contributed by atoms with E-state index in [1.54, 1.807) is 11.8 Å². The van der Waals surface area contributed by atoms with Crippen LogP contribution in [0.3, 0.4) is 0 Å². The largest absolute Gasteiger partial charge is 0.274 e. The van der Waals surface area contributed by atoms with Gasteiger partial charge in [-0.15, -0.1) is 11.3 Å². The summed E-state index contributed by atoms with van der Waals surface area (Å²) in [6.45, 7) is 11.3. The zero-order chi connectivity index (χ0) is 22.0. The van der Waals surface area contributed by atoms with Gasteiger partial charge in [-0.3, -0.25) is 9.69 Å². The van der Waals surface area contributed by atoms with Crippen molar-refractivity contribution in [1.82, 2.24) is 15.0 Å². The number of hydrogen-bond acceptors (Lipinski definition) is 7. The number of anilines is 2. The van der Waals surface area contributed by atoms with Gasteiger partial charge in [0, 0.05) is 18.1 Å². The Hall–Kier alpha value is -2.76. The second-order valence-electron chi connectivity index (χ2n) is 7.16. The lowest BCUT2D eigenvalue weighted by molar-refractivity contribution is -0.115. The Kier molecular flexibility index (Phi) is 6.54. The average molecular weight is 438 g/mol. The standard InChI is InChI=1S/C22H23N5OS2/c1-12-7-13(2)20(14(3)8-12)27(17(6)28)22-26-18(11-30-22)10-29-21-19(9-23)15(4)24-16(5)25-21/h7-8,11H,10H2,1-6H3. The zero-order valence-corrected chi connectivity index (χ0v) is 19.5. The highest BCUT2D eigenvalue weighted by molar-refractivity contribution is 7.98. The van der Waals surface area contributed by atoms with Crippen LogP contribution in [0.4, 0.5) is 10.8 Å². The highest BCUT2D eigenvalue weighted by Crippen LogP contribution is 2.35. The molecule has 0 spiro atoms. The van der Waals surface area contributed by atoms with Gasteiger partial charge < -0.3 is 0 Å². The number of rotatable bonds is 5. The van der Waals surface area contributed by atoms with E-state index in [9.17, 15) is 10.1 Å². The molecular formula is C22H23N5OS2. The van der Waals surface area contributed by atoms with E-state index >= 15 is 0 Å². The van der Waals surface area contributed by atoms with E-state index < -0.39 is 0 Å². The normalized spacial score (nSPS) is 10.7. The summed E-state index contributed by atoms with van der Waals surface area (Å²) in [5, 5.41) is 12.7. The van der Waals surface area contributed by atoms with Gasteiger partial charge in [0.1, 0.15) is 22.5 Å². The molecule has 3 rings (SSSR count). The Balaban J connectivity index is 1.89. The third-order valence-electron chi connectivity index (χ3n) is 4.54. The molecule has 0 N–H and O–H groups in total. The quantitative estimate of drug-likeness (QED) is 0.397. The van der Waals surface area contributed by atoms with Crippen molar-refractivity contribution < 1.29 is 4.79 Å². The van der Waals surface area contributed by atoms with E-state index in [2.05, 4.69) is 28.2 Å². The minimum absolute atomic E-state index is 0.0765. The molecule has 0 aliphatic heterocycles. The number of nitriles is 1. The molecule has 0 aliphatic rings. The SMILES string of the molecule is CC(=O)N(c1nc(CSc2nc(C)nc(C)c2C#N)cs1)c1c(C)cc(C)cc1C. The van der Waals surface area contributed by atoms with Crippen LogP contribution in [-0.4, -0.2) is 20.9 Å². The summed E-state index contributed by atoms with van der Waals surface area (Å²) < 4.78 is 0. The summed E-state index contributed by atoms with van der Waals surface area (Å²) in [5.74, 6) is 1.12. The number of amides is 1. The minimum Gasteiger partial charge on any atom is -0.274 e. The smallest absolute Gasteiger partial charge is 0.230 e. The molecule has 0 saturated heterocycles. The van der Waals surface area contributed by atoms with Crippen LogP contribution >= 0.6 is 23.1 Å². The van der Waals surface area contributed by atoms with Crippen molar-refractivity contribution in [3.8, 4) is 6.07 Å². The summed E-state index contributed by atoms with van der Waals surface area (Å²) in [6, 6.07) is 6.34. The molecule has 0 atom stereocenters. The minimum atomic E-state index is -0.0765. The van der Waals surface area contributed by atoms with Crippen molar-refractivity contribution in [3.05, 3.63) is 57.0 Å². The number of nitrogens with zero attached hydrogens (tertiary/aromatic N) is 5. The number of carbonyl (C=O) groups is 1. The summed E-state index contributed by atoms with van der Waals surface area (Å²) in [6.07, 6.45) is 0. The molecule has 0 aliphatic carbocycles. The summed E-state index contributed by atoms with van der Waals surface area (Å²) in [4.78, 5) is 27.6. The van der Waals surface area contributed by atoms with Crippen molar-refractivity contribution in [2.24, 2.45) is 0 Å². The van der Waals surface area contributed by atoms with Gasteiger partial charge in [0.2, 0.25) is 5.91 Å². The Labute approximate surface area is 185 Å². The van der Waals surface area contributed by atoms with E-state index in [0.717, 1.165) is 28.1 Å². The van der Waals surface area contributed by atoms with Crippen molar-refractivity contribution in [2.75, 3.05) is 4.90 Å². The number of aromatic nitrogens is 3. The molecule has 0 radical (unpaired) electrons. The number of thiazole rings is 1. The molecule has 30 heavy (non-hydrogen) atoms. The second-order valence-corrected chi connectivity index (χ2v) is 8.96. The fraction of sp³-hybridized carbons (Fsp3) is 0.318. The third kappa shape index (κ3) is 4.53. The van der Waals surface area contributed by atoms with Crippen LogP contribution in [-0.2, 0) is 10.5 Å². The monoisotopic (exact) mass is 437 g/mol. The maximum atomic E-state index is 12.5. The van der Waals surface area contributed by atoms with E-state index in [4.69, 9.17) is 4.98 Å². The van der Waals surface area contributed by atoms with Crippen LogP contribution in [0.1, 0.15) is 46.4 Å². The number of aryl methyl sites for hydroxylation is 5. The first-order chi connectivity index (χ1) is 14.2. The van der Waals surface area contributed by atoms with Crippen LogP contribution < -0.4 is 4.90 Å². The Morgan fingerprint density at radius 2 is 1.80 bits per heavy atom. The fourth-order valence-corrected chi connectivity index (χ4v) is 5.38. The maximum Gasteiger partial charge on any atom is 0.230 e. The number of benzene rings is 1. The van der Waals surface area contributed by atoms with E-state index in [0.29, 0.717) is 33.0 Å². The van der Waals surface area contributed by atoms with Crippen LogP contribution in [0, 0.1) is 45.9 Å². The number of hydrogen-bond donors (Lipinski definition) is 0. The molecule has 1 amide bonds. The molecule has 0 unspecified atom stereocenters. The van der Waals surface area contributed by atoms with Gasteiger partial charge in [-0.25, -0.2) is 15.0 Å². The molecule has 3 aromatic rings. The van der Waals surface area contributed by atoms with Crippen LogP contribution in [0.2, 0.25) is 0 Å². The topological polar surface area (TPSA) is 82.8 Å². The van der Waals surface area contributed by atoms with Crippen LogP contribution in [0.25, 0.3) is 0 Å². The van der Waals surface area contributed by atoms with Gasteiger partial charge in [0.25, 0.3) is 0 Å². The van der Waals surface area contributed by atoms with Crippen LogP contribution in [0.5, 0.6) is 0 Å². The number of carbonyl (C=O) groups excluding carboxylic acids is 1. The van der Waals surface area contributed by atoms with Crippen molar-refractivity contribution in [2.45, 2.75) is 52.3 Å². The van der Waals surface area contributed by atoms with Gasteiger partial charge in [-0.1, -0.05) is 29.5 Å². The first-order valence-corrected chi connectivity index (χ1v) is 11.3. The molecule has 0 bridgehead atoms. The van der Waals surface area contributed by atoms with Gasteiger partial charge in [-0.05, 0) is 45.7 Å². The third-order valence-corrected chi connectivity index (χ3v) is 6.43. The van der Waals surface area contributed by atoms with E-state index in [-0.39, 0.29) is 5.91 Å². The first kappa shape index (κ1) is 21.9. The first-order valence-electron chi connectivity index (χ1n) is 9.42. The van der Waals surface area contributed by atoms with Gasteiger partial charge in [0.05, 0.1) is 17.1 Å². The molecule has 6 nitrogen and oxygen atoms in total. The molecule has 154 valence electrons. The summed E-state index contributed by atoms with van der Waals surface area (Å²) >= 11 is 2.89. The average Bonchev–Trinajstić information content (AvgIpc) is 3.10. The molecule has 1 aromatic carbocycles. The predicted molar refractivity (Wildman–Crippen MR) is 121 cm³/mol. The fourth-order valence-electron chi connectivity index (χ4n) is 3.43. The summed E-state index contributed by atoms with van der Waals surface area (Å²) in [7, 11) is 0. The van der Waals surface area contributed by atoms with Crippen LogP contribution in [0.15, 0.2) is 22.5 Å². The van der Waals surface area contributed by atoms with Crippen molar-refractivity contribution in [3.63, 3.8) is 0 Å². The molecule has 2 aromatic heterocycles. The Morgan fingerprint density at radius 3 is 2.40 bits per heavy atom. The lowest BCUT2D eigenvalue weighted by Gasteiger charge is -2.23.